The molecule has 6 nitrogen and oxygen atoms in total. The largest absolute Gasteiger partial charge is 0.373 e. The normalized spacial score (nSPS) is 10.2. The van der Waals surface area contributed by atoms with Gasteiger partial charge < -0.3 is 10.2 Å². The molecule has 0 saturated carbocycles. The Labute approximate surface area is 107 Å². The van der Waals surface area contributed by atoms with Crippen LogP contribution in [0, 0.1) is 10.1 Å². The van der Waals surface area contributed by atoms with E-state index in [1.807, 2.05) is 11.9 Å². The zero-order valence-electron chi connectivity index (χ0n) is 11.1. The average Bonchev–Trinajstić information content (AvgIpc) is 2.38. The number of hydrogen-bond donors (Lipinski definition) is 1. The summed E-state index contributed by atoms with van der Waals surface area (Å²) in [6.45, 7) is 2.90. The first-order valence-corrected chi connectivity index (χ1v) is 6.14. The standard InChI is InChI=1S/C12H20N4O2/c1-4-5-6-9-15(3)12-10(16(17)18)7-8-11(13-2)14-12/h7-8H,4-6,9H2,1-3H3,(H,13,14). The van der Waals surface area contributed by atoms with Gasteiger partial charge in [0.25, 0.3) is 0 Å². The number of nitrogens with one attached hydrogen (secondary N) is 1. The fourth-order valence-corrected chi connectivity index (χ4v) is 1.71. The van der Waals surface area contributed by atoms with E-state index in [-0.39, 0.29) is 5.69 Å². The number of nitrogens with zero attached hydrogens (tertiary/aromatic N) is 3. The van der Waals surface area contributed by atoms with Gasteiger partial charge in [0.2, 0.25) is 5.82 Å². The summed E-state index contributed by atoms with van der Waals surface area (Å²) >= 11 is 0. The molecule has 100 valence electrons. The maximum Gasteiger partial charge on any atom is 0.311 e. The molecule has 1 aromatic rings. The molecule has 0 aromatic carbocycles. The van der Waals surface area contributed by atoms with Crippen LogP contribution in [0.25, 0.3) is 0 Å². The van der Waals surface area contributed by atoms with Crippen LogP contribution in [0.4, 0.5) is 17.3 Å². The maximum atomic E-state index is 11.0. The van der Waals surface area contributed by atoms with Crippen molar-refractivity contribution >= 4 is 17.3 Å². The van der Waals surface area contributed by atoms with Gasteiger partial charge in [0.05, 0.1) is 4.92 Å². The molecule has 1 rings (SSSR count). The highest BCUT2D eigenvalue weighted by Gasteiger charge is 2.19. The molecule has 1 heterocycles. The molecule has 0 spiro atoms. The number of aromatic nitrogens is 1. The predicted molar refractivity (Wildman–Crippen MR) is 73.2 cm³/mol. The molecule has 1 N–H and O–H groups in total. The fraction of sp³-hybridized carbons (Fsp3) is 0.583. The van der Waals surface area contributed by atoms with Gasteiger partial charge in [-0.25, -0.2) is 4.98 Å². The van der Waals surface area contributed by atoms with Crippen molar-refractivity contribution in [3.05, 3.63) is 22.2 Å². The van der Waals surface area contributed by atoms with Gasteiger partial charge >= 0.3 is 5.69 Å². The lowest BCUT2D eigenvalue weighted by molar-refractivity contribution is -0.384. The number of anilines is 2. The van der Waals surface area contributed by atoms with Crippen molar-refractivity contribution in [3.63, 3.8) is 0 Å². The Morgan fingerprint density at radius 2 is 2.17 bits per heavy atom. The molecule has 0 bridgehead atoms. The first-order chi connectivity index (χ1) is 8.60. The lowest BCUT2D eigenvalue weighted by atomic mass is 10.2. The Hall–Kier alpha value is -1.85. The molecule has 0 atom stereocenters. The molecule has 0 aliphatic carbocycles. The monoisotopic (exact) mass is 252 g/mol. The van der Waals surface area contributed by atoms with Crippen LogP contribution in [-0.2, 0) is 0 Å². The van der Waals surface area contributed by atoms with E-state index in [2.05, 4.69) is 17.2 Å². The highest BCUT2D eigenvalue weighted by molar-refractivity contribution is 5.61. The smallest absolute Gasteiger partial charge is 0.311 e. The highest BCUT2D eigenvalue weighted by atomic mass is 16.6. The molecule has 0 aliphatic rings. The van der Waals surface area contributed by atoms with E-state index >= 15 is 0 Å². The van der Waals surface area contributed by atoms with Gasteiger partial charge in [0.15, 0.2) is 0 Å². The second-order valence-electron chi connectivity index (χ2n) is 4.17. The van der Waals surface area contributed by atoms with Gasteiger partial charge in [-0.2, -0.15) is 0 Å². The van der Waals surface area contributed by atoms with Crippen molar-refractivity contribution in [1.82, 2.24) is 4.98 Å². The molecule has 0 aliphatic heterocycles. The first kappa shape index (κ1) is 14.2. The van der Waals surface area contributed by atoms with Crippen molar-refractivity contribution in [2.24, 2.45) is 0 Å². The number of pyridine rings is 1. The van der Waals surface area contributed by atoms with E-state index in [1.165, 1.54) is 6.07 Å². The van der Waals surface area contributed by atoms with Crippen molar-refractivity contribution in [2.75, 3.05) is 30.9 Å². The highest BCUT2D eigenvalue weighted by Crippen LogP contribution is 2.26. The van der Waals surface area contributed by atoms with E-state index in [0.29, 0.717) is 11.6 Å². The van der Waals surface area contributed by atoms with Gasteiger partial charge in [0.1, 0.15) is 5.82 Å². The second kappa shape index (κ2) is 6.78. The van der Waals surface area contributed by atoms with E-state index in [0.717, 1.165) is 25.8 Å². The molecule has 0 fully saturated rings. The van der Waals surface area contributed by atoms with E-state index in [1.54, 1.807) is 13.1 Å². The summed E-state index contributed by atoms with van der Waals surface area (Å²) in [6, 6.07) is 3.10. The molecular weight excluding hydrogens is 232 g/mol. The number of unbranched alkanes of at least 4 members (excludes halogenated alkanes) is 2. The van der Waals surface area contributed by atoms with Crippen molar-refractivity contribution < 1.29 is 4.92 Å². The summed E-state index contributed by atoms with van der Waals surface area (Å²) in [7, 11) is 3.58. The lowest BCUT2D eigenvalue weighted by Crippen LogP contribution is -2.21. The van der Waals surface area contributed by atoms with E-state index in [9.17, 15) is 10.1 Å². The minimum Gasteiger partial charge on any atom is -0.373 e. The van der Waals surface area contributed by atoms with Gasteiger partial charge in [-0.15, -0.1) is 0 Å². The van der Waals surface area contributed by atoms with Gasteiger partial charge in [0, 0.05) is 26.7 Å². The van der Waals surface area contributed by atoms with Crippen molar-refractivity contribution in [2.45, 2.75) is 26.2 Å². The second-order valence-corrected chi connectivity index (χ2v) is 4.17. The molecule has 0 amide bonds. The van der Waals surface area contributed by atoms with Crippen LogP contribution in [0.1, 0.15) is 26.2 Å². The van der Waals surface area contributed by atoms with Crippen LogP contribution >= 0.6 is 0 Å². The Morgan fingerprint density at radius 3 is 2.72 bits per heavy atom. The Morgan fingerprint density at radius 1 is 1.44 bits per heavy atom. The molecule has 0 unspecified atom stereocenters. The van der Waals surface area contributed by atoms with Crippen LogP contribution in [0.15, 0.2) is 12.1 Å². The maximum absolute atomic E-state index is 11.0. The van der Waals surface area contributed by atoms with Crippen LogP contribution in [-0.4, -0.2) is 30.5 Å². The van der Waals surface area contributed by atoms with E-state index in [4.69, 9.17) is 0 Å². The summed E-state index contributed by atoms with van der Waals surface area (Å²) < 4.78 is 0. The third-order valence-corrected chi connectivity index (χ3v) is 2.77. The van der Waals surface area contributed by atoms with Crippen LogP contribution in [0.3, 0.4) is 0 Å². The summed E-state index contributed by atoms with van der Waals surface area (Å²) in [6.07, 6.45) is 3.25. The SMILES string of the molecule is CCCCCN(C)c1nc(NC)ccc1[N+](=O)[O-]. The summed E-state index contributed by atoms with van der Waals surface area (Å²) in [5.41, 5.74) is 0.0491. The minimum absolute atomic E-state index is 0.0491. The quantitative estimate of drug-likeness (QED) is 0.459. The molecule has 0 radical (unpaired) electrons. The summed E-state index contributed by atoms with van der Waals surface area (Å²) in [4.78, 5) is 16.7. The van der Waals surface area contributed by atoms with E-state index < -0.39 is 4.92 Å². The molecular formula is C12H20N4O2. The van der Waals surface area contributed by atoms with Crippen LogP contribution < -0.4 is 10.2 Å². The summed E-state index contributed by atoms with van der Waals surface area (Å²) in [5.74, 6) is 1.06. The molecule has 18 heavy (non-hydrogen) atoms. The van der Waals surface area contributed by atoms with Gasteiger partial charge in [-0.1, -0.05) is 19.8 Å². The molecule has 1 aromatic heterocycles. The average molecular weight is 252 g/mol. The van der Waals surface area contributed by atoms with Crippen LogP contribution in [0.5, 0.6) is 0 Å². The molecule has 6 heteroatoms. The number of rotatable bonds is 7. The Balaban J connectivity index is 2.92. The number of hydrogen-bond acceptors (Lipinski definition) is 5. The van der Waals surface area contributed by atoms with Crippen molar-refractivity contribution in [3.8, 4) is 0 Å². The number of nitro groups is 1. The topological polar surface area (TPSA) is 71.3 Å². The minimum atomic E-state index is -0.391. The van der Waals surface area contributed by atoms with Crippen molar-refractivity contribution in [1.29, 1.82) is 0 Å². The Bertz CT molecular complexity index is 409. The fourth-order valence-electron chi connectivity index (χ4n) is 1.71. The van der Waals surface area contributed by atoms with Gasteiger partial charge in [-0.3, -0.25) is 10.1 Å². The first-order valence-electron chi connectivity index (χ1n) is 6.14. The lowest BCUT2D eigenvalue weighted by Gasteiger charge is -2.18. The predicted octanol–water partition coefficient (Wildman–Crippen LogP) is 2.66. The Kier molecular flexibility index (Phi) is 5.35. The zero-order valence-corrected chi connectivity index (χ0v) is 11.1. The third kappa shape index (κ3) is 3.58. The zero-order chi connectivity index (χ0) is 13.5. The summed E-state index contributed by atoms with van der Waals surface area (Å²) in [5, 5.41) is 13.9. The molecule has 0 saturated heterocycles. The van der Waals surface area contributed by atoms with Crippen LogP contribution in [0.2, 0.25) is 0 Å². The third-order valence-electron chi connectivity index (χ3n) is 2.77. The van der Waals surface area contributed by atoms with Gasteiger partial charge in [-0.05, 0) is 12.5 Å².